The van der Waals surface area contributed by atoms with Crippen LogP contribution in [-0.4, -0.2) is 49.9 Å². The van der Waals surface area contributed by atoms with Gasteiger partial charge < -0.3 is 15.4 Å². The maximum Gasteiger partial charge on any atom is 0.164 e. The summed E-state index contributed by atoms with van der Waals surface area (Å²) in [6, 6.07) is 9.22. The monoisotopic (exact) mass is 444 g/mol. The number of ether oxygens (including phenoxy) is 1. The van der Waals surface area contributed by atoms with E-state index in [2.05, 4.69) is 4.90 Å². The lowest BCUT2D eigenvalue weighted by atomic mass is 10.0. The van der Waals surface area contributed by atoms with Crippen molar-refractivity contribution in [3.63, 3.8) is 0 Å². The van der Waals surface area contributed by atoms with E-state index in [9.17, 15) is 8.42 Å². The highest BCUT2D eigenvalue weighted by Crippen LogP contribution is 2.38. The summed E-state index contributed by atoms with van der Waals surface area (Å²) in [4.78, 5) is 11.7. The summed E-state index contributed by atoms with van der Waals surface area (Å²) in [7, 11) is -3.42. The molecule has 0 radical (unpaired) electrons. The molecule has 4 rings (SSSR count). The Morgan fingerprint density at radius 2 is 1.68 bits per heavy atom. The maximum atomic E-state index is 13.7. The molecule has 2 heterocycles. The second-order valence-corrected chi connectivity index (χ2v) is 11.7. The Hall–Kier alpha value is -2.19. The van der Waals surface area contributed by atoms with Crippen LogP contribution in [0, 0.1) is 0 Å². The van der Waals surface area contributed by atoms with Gasteiger partial charge in [0, 0.05) is 30.4 Å². The lowest BCUT2D eigenvalue weighted by molar-refractivity contribution is 0.122. The van der Waals surface area contributed by atoms with Gasteiger partial charge in [0.1, 0.15) is 10.6 Å². The van der Waals surface area contributed by atoms with Gasteiger partial charge >= 0.3 is 0 Å². The highest BCUT2D eigenvalue weighted by atomic mass is 32.2. The first-order valence-electron chi connectivity index (χ1n) is 11.1. The molecule has 0 atom stereocenters. The molecule has 0 spiro atoms. The number of nitrogen functional groups attached to an aromatic ring is 1. The number of anilines is 2. The fourth-order valence-corrected chi connectivity index (χ4v) is 6.58. The van der Waals surface area contributed by atoms with Crippen molar-refractivity contribution in [1.82, 2.24) is 9.97 Å². The van der Waals surface area contributed by atoms with E-state index in [-0.39, 0.29) is 5.25 Å². The lowest BCUT2D eigenvalue weighted by Gasteiger charge is -2.33. The molecular formula is C23H32N4O3S. The first-order valence-corrected chi connectivity index (χ1v) is 12.7. The van der Waals surface area contributed by atoms with E-state index < -0.39 is 14.6 Å². The average Bonchev–Trinajstić information content (AvgIpc) is 2.80. The Morgan fingerprint density at radius 1 is 1.03 bits per heavy atom. The van der Waals surface area contributed by atoms with Gasteiger partial charge in [0.15, 0.2) is 15.7 Å². The minimum atomic E-state index is -3.42. The number of rotatable bonds is 5. The lowest BCUT2D eigenvalue weighted by Crippen LogP contribution is -2.40. The van der Waals surface area contributed by atoms with E-state index in [0.717, 1.165) is 43.5 Å². The third-order valence-electron chi connectivity index (χ3n) is 6.54. The molecule has 31 heavy (non-hydrogen) atoms. The third kappa shape index (κ3) is 4.41. The molecule has 2 fully saturated rings. The summed E-state index contributed by atoms with van der Waals surface area (Å²) in [5, 5.41) is -0.307. The Morgan fingerprint density at radius 3 is 2.32 bits per heavy atom. The number of sulfone groups is 1. The van der Waals surface area contributed by atoms with Crippen molar-refractivity contribution in [2.24, 2.45) is 0 Å². The van der Waals surface area contributed by atoms with Crippen LogP contribution in [0.1, 0.15) is 51.6 Å². The van der Waals surface area contributed by atoms with Crippen LogP contribution < -0.4 is 10.6 Å². The molecule has 1 aliphatic heterocycles. The van der Waals surface area contributed by atoms with Gasteiger partial charge in [0.05, 0.1) is 24.2 Å². The predicted molar refractivity (Wildman–Crippen MR) is 124 cm³/mol. The Balaban J connectivity index is 1.79. The predicted octanol–water partition coefficient (Wildman–Crippen LogP) is 3.55. The first-order chi connectivity index (χ1) is 14.8. The molecule has 1 aromatic heterocycles. The summed E-state index contributed by atoms with van der Waals surface area (Å²) in [6.07, 6.45) is 4.53. The van der Waals surface area contributed by atoms with Gasteiger partial charge in [-0.3, -0.25) is 0 Å². The normalized spacial score (nSPS) is 18.8. The SMILES string of the molecule is CC(C)(c1cc(N2CCOCC2)nc(-c2ccc(N)cc2)n1)S(=O)(=O)C1CCCCC1. The van der Waals surface area contributed by atoms with Crippen LogP contribution in [0.4, 0.5) is 11.5 Å². The molecule has 0 bridgehead atoms. The molecule has 2 aliphatic rings. The fourth-order valence-electron chi connectivity index (χ4n) is 4.40. The summed E-state index contributed by atoms with van der Waals surface area (Å²) in [6.45, 7) is 6.26. The van der Waals surface area contributed by atoms with E-state index >= 15 is 0 Å². The van der Waals surface area contributed by atoms with Crippen molar-refractivity contribution in [3.8, 4) is 11.4 Å². The van der Waals surface area contributed by atoms with Crippen molar-refractivity contribution in [2.45, 2.75) is 55.9 Å². The smallest absolute Gasteiger partial charge is 0.164 e. The summed E-state index contributed by atoms with van der Waals surface area (Å²) >= 11 is 0. The quantitative estimate of drug-likeness (QED) is 0.704. The molecule has 1 saturated heterocycles. The van der Waals surface area contributed by atoms with Gasteiger partial charge in [-0.25, -0.2) is 18.4 Å². The van der Waals surface area contributed by atoms with Gasteiger partial charge in [0.2, 0.25) is 0 Å². The van der Waals surface area contributed by atoms with Crippen LogP contribution in [0.2, 0.25) is 0 Å². The summed E-state index contributed by atoms with van der Waals surface area (Å²) in [5.41, 5.74) is 7.87. The largest absolute Gasteiger partial charge is 0.399 e. The van der Waals surface area contributed by atoms with E-state index in [1.165, 1.54) is 0 Å². The molecule has 2 aromatic rings. The Kier molecular flexibility index (Phi) is 6.21. The number of benzene rings is 1. The Labute approximate surface area is 184 Å². The number of hydrogen-bond donors (Lipinski definition) is 1. The molecule has 8 heteroatoms. The molecule has 1 aliphatic carbocycles. The molecule has 7 nitrogen and oxygen atoms in total. The molecule has 1 aromatic carbocycles. The first kappa shape index (κ1) is 22.0. The van der Waals surface area contributed by atoms with Gasteiger partial charge in [-0.15, -0.1) is 0 Å². The number of morpholine rings is 1. The zero-order chi connectivity index (χ0) is 22.1. The van der Waals surface area contributed by atoms with E-state index in [1.54, 1.807) is 13.8 Å². The van der Waals surface area contributed by atoms with Crippen LogP contribution in [0.15, 0.2) is 30.3 Å². The van der Waals surface area contributed by atoms with Crippen molar-refractivity contribution in [1.29, 1.82) is 0 Å². The van der Waals surface area contributed by atoms with Gasteiger partial charge in [0.25, 0.3) is 0 Å². The van der Waals surface area contributed by atoms with Crippen LogP contribution in [-0.2, 0) is 19.3 Å². The van der Waals surface area contributed by atoms with E-state index in [4.69, 9.17) is 20.4 Å². The number of hydrogen-bond acceptors (Lipinski definition) is 7. The molecule has 2 N–H and O–H groups in total. The fraction of sp³-hybridized carbons (Fsp3) is 0.565. The minimum absolute atomic E-state index is 0.307. The second kappa shape index (κ2) is 8.74. The average molecular weight is 445 g/mol. The Bertz CT molecular complexity index is 1010. The summed E-state index contributed by atoms with van der Waals surface area (Å²) < 4.78 is 31.7. The zero-order valence-electron chi connectivity index (χ0n) is 18.4. The van der Waals surface area contributed by atoms with Gasteiger partial charge in [-0.05, 0) is 51.0 Å². The van der Waals surface area contributed by atoms with Crippen LogP contribution in [0.3, 0.4) is 0 Å². The van der Waals surface area contributed by atoms with Crippen molar-refractivity contribution in [3.05, 3.63) is 36.0 Å². The van der Waals surface area contributed by atoms with Gasteiger partial charge in [-0.1, -0.05) is 19.3 Å². The van der Waals surface area contributed by atoms with Crippen molar-refractivity contribution < 1.29 is 13.2 Å². The topological polar surface area (TPSA) is 98.4 Å². The molecule has 0 amide bonds. The summed E-state index contributed by atoms with van der Waals surface area (Å²) in [5.74, 6) is 1.26. The second-order valence-electron chi connectivity index (χ2n) is 8.97. The molecule has 0 unspecified atom stereocenters. The molecule has 1 saturated carbocycles. The van der Waals surface area contributed by atoms with Crippen LogP contribution >= 0.6 is 0 Å². The standard InChI is InChI=1S/C23H32N4O3S/c1-23(2,31(28,29)19-6-4-3-5-7-19)20-16-21(27-12-14-30-15-13-27)26-22(25-20)17-8-10-18(24)11-9-17/h8-11,16,19H,3-7,12-15,24H2,1-2H3. The number of nitrogens with zero attached hydrogens (tertiary/aromatic N) is 3. The van der Waals surface area contributed by atoms with Crippen LogP contribution in [0.25, 0.3) is 11.4 Å². The van der Waals surface area contributed by atoms with E-state index in [0.29, 0.717) is 43.5 Å². The highest BCUT2D eigenvalue weighted by Gasteiger charge is 2.43. The van der Waals surface area contributed by atoms with Crippen molar-refractivity contribution >= 4 is 21.3 Å². The highest BCUT2D eigenvalue weighted by molar-refractivity contribution is 7.92. The van der Waals surface area contributed by atoms with Crippen LogP contribution in [0.5, 0.6) is 0 Å². The third-order valence-corrected chi connectivity index (χ3v) is 9.52. The maximum absolute atomic E-state index is 13.7. The zero-order valence-corrected chi connectivity index (χ0v) is 19.2. The van der Waals surface area contributed by atoms with Crippen molar-refractivity contribution in [2.75, 3.05) is 36.9 Å². The minimum Gasteiger partial charge on any atom is -0.399 e. The molecular weight excluding hydrogens is 412 g/mol. The van der Waals surface area contributed by atoms with Gasteiger partial charge in [-0.2, -0.15) is 0 Å². The number of aromatic nitrogens is 2. The molecule has 168 valence electrons. The number of nitrogens with two attached hydrogens (primary N) is 1. The van der Waals surface area contributed by atoms with E-state index in [1.807, 2.05) is 30.3 Å².